The van der Waals surface area contributed by atoms with Crippen LogP contribution >= 0.6 is 7.92 Å². The van der Waals surface area contributed by atoms with Crippen molar-refractivity contribution in [3.8, 4) is 0 Å². The lowest BCUT2D eigenvalue weighted by Crippen LogP contribution is -2.58. The van der Waals surface area contributed by atoms with Crippen LogP contribution in [-0.2, 0) is 4.79 Å². The van der Waals surface area contributed by atoms with E-state index in [-0.39, 0.29) is 10.6 Å². The highest BCUT2D eigenvalue weighted by atomic mass is 31.1. The van der Waals surface area contributed by atoms with Crippen LogP contribution in [0.3, 0.4) is 0 Å². The smallest absolute Gasteiger partial charge is 0.149 e. The lowest BCUT2D eigenvalue weighted by Gasteiger charge is -2.56. The molecule has 1 nitrogen and oxygen atoms in total. The van der Waals surface area contributed by atoms with Gasteiger partial charge >= 0.3 is 0 Å². The molecule has 0 saturated heterocycles. The molecule has 5 rings (SSSR count). The number of benzene rings is 2. The van der Waals surface area contributed by atoms with Gasteiger partial charge in [-0.3, -0.25) is 4.79 Å². The zero-order chi connectivity index (χ0) is 16.8. The molecule has 2 aromatic rings. The first-order chi connectivity index (χ1) is 11.6. The fraction of sp³-hybridized carbons (Fsp3) is 0.409. The Morgan fingerprint density at radius 3 is 1.75 bits per heavy atom. The highest BCUT2D eigenvalue weighted by Crippen LogP contribution is 2.64. The maximum atomic E-state index is 13.6. The Bertz CT molecular complexity index is 688. The van der Waals surface area contributed by atoms with E-state index in [4.69, 9.17) is 0 Å². The van der Waals surface area contributed by atoms with Crippen LogP contribution in [0, 0.1) is 11.3 Å². The van der Waals surface area contributed by atoms with Crippen LogP contribution in [0.5, 0.6) is 0 Å². The first kappa shape index (κ1) is 16.0. The summed E-state index contributed by atoms with van der Waals surface area (Å²) in [7, 11) is -0.663. The number of carbonyl (C=O) groups excluding carboxylic acids is 1. The zero-order valence-electron chi connectivity index (χ0n) is 14.5. The van der Waals surface area contributed by atoms with Gasteiger partial charge in [0.25, 0.3) is 0 Å². The van der Waals surface area contributed by atoms with Crippen molar-refractivity contribution in [2.75, 3.05) is 0 Å². The van der Waals surface area contributed by atoms with Crippen molar-refractivity contribution < 1.29 is 4.79 Å². The number of rotatable bonds is 3. The minimum absolute atomic E-state index is 0.166. The molecule has 3 fully saturated rings. The summed E-state index contributed by atoms with van der Waals surface area (Å²) in [5.74, 6) is 1.10. The van der Waals surface area contributed by atoms with Crippen molar-refractivity contribution in [1.82, 2.24) is 0 Å². The number of hydrogen-bond acceptors (Lipinski definition) is 1. The molecule has 3 aliphatic carbocycles. The third kappa shape index (κ3) is 2.29. The molecule has 3 saturated carbocycles. The van der Waals surface area contributed by atoms with E-state index < -0.39 is 7.92 Å². The maximum absolute atomic E-state index is 13.6. The van der Waals surface area contributed by atoms with Crippen molar-refractivity contribution in [3.63, 3.8) is 0 Å². The van der Waals surface area contributed by atoms with Crippen molar-refractivity contribution in [3.05, 3.63) is 60.7 Å². The van der Waals surface area contributed by atoms with E-state index >= 15 is 0 Å². The van der Waals surface area contributed by atoms with E-state index in [9.17, 15) is 4.79 Å². The summed E-state index contributed by atoms with van der Waals surface area (Å²) in [6.45, 7) is 4.38. The molecule has 3 aliphatic rings. The molecule has 0 amide bonds. The standard InChI is InChI=1S/C22H25OP/c1-21(2)17-13-15-22(16-14-17,20(21)23)24(18-9-5-3-6-10-18)19-11-7-4-8-12-19/h3-12,17H,13-16H2,1-2H3. The highest BCUT2D eigenvalue weighted by Gasteiger charge is 2.60. The van der Waals surface area contributed by atoms with Gasteiger partial charge < -0.3 is 0 Å². The predicted molar refractivity (Wildman–Crippen MR) is 103 cm³/mol. The number of ketones is 1. The van der Waals surface area contributed by atoms with Crippen LogP contribution in [0.25, 0.3) is 0 Å². The highest BCUT2D eigenvalue weighted by molar-refractivity contribution is 7.75. The first-order valence-corrected chi connectivity index (χ1v) is 10.4. The number of carbonyl (C=O) groups is 1. The van der Waals surface area contributed by atoms with Gasteiger partial charge in [-0.15, -0.1) is 0 Å². The van der Waals surface area contributed by atoms with Gasteiger partial charge in [0.05, 0.1) is 5.16 Å². The SMILES string of the molecule is CC1(C)C(=O)C2(P(c3ccccc3)c3ccccc3)CCC1CC2. The Morgan fingerprint density at radius 1 is 0.833 bits per heavy atom. The summed E-state index contributed by atoms with van der Waals surface area (Å²) < 4.78 is 0. The summed E-state index contributed by atoms with van der Waals surface area (Å²) in [5.41, 5.74) is -0.166. The van der Waals surface area contributed by atoms with Gasteiger partial charge in [-0.05, 0) is 50.1 Å². The van der Waals surface area contributed by atoms with E-state index in [0.29, 0.717) is 11.7 Å². The molecule has 0 unspecified atom stereocenters. The molecule has 0 heterocycles. The molecular weight excluding hydrogens is 311 g/mol. The molecule has 0 spiro atoms. The van der Waals surface area contributed by atoms with Gasteiger partial charge in [0, 0.05) is 5.41 Å². The lowest BCUT2D eigenvalue weighted by atomic mass is 9.56. The molecule has 24 heavy (non-hydrogen) atoms. The van der Waals surface area contributed by atoms with Crippen LogP contribution in [0.4, 0.5) is 0 Å². The topological polar surface area (TPSA) is 17.1 Å². The minimum atomic E-state index is -0.663. The van der Waals surface area contributed by atoms with E-state index in [1.807, 2.05) is 0 Å². The summed E-state index contributed by atoms with van der Waals surface area (Å²) in [6.07, 6.45) is 4.54. The molecule has 2 heteroatoms. The Balaban J connectivity index is 1.89. The Kier molecular flexibility index (Phi) is 3.88. The second-order valence-electron chi connectivity index (χ2n) is 7.86. The van der Waals surface area contributed by atoms with Crippen molar-refractivity contribution in [1.29, 1.82) is 0 Å². The third-order valence-electron chi connectivity index (χ3n) is 6.30. The van der Waals surface area contributed by atoms with E-state index in [1.54, 1.807) is 0 Å². The Morgan fingerprint density at radius 2 is 1.29 bits per heavy atom. The normalized spacial score (nSPS) is 28.3. The van der Waals surface area contributed by atoms with Crippen molar-refractivity contribution in [2.45, 2.75) is 44.7 Å². The molecule has 124 valence electrons. The summed E-state index contributed by atoms with van der Waals surface area (Å²) in [5, 5.41) is 2.53. The maximum Gasteiger partial charge on any atom is 0.149 e. The molecule has 0 atom stereocenters. The fourth-order valence-corrected chi connectivity index (χ4v) is 8.38. The fourth-order valence-electron chi connectivity index (χ4n) is 4.95. The van der Waals surface area contributed by atoms with Gasteiger partial charge in [0.1, 0.15) is 5.78 Å². The summed E-state index contributed by atoms with van der Waals surface area (Å²) >= 11 is 0. The van der Waals surface area contributed by atoms with Gasteiger partial charge in [-0.25, -0.2) is 0 Å². The molecular formula is C22H25OP. The second-order valence-corrected chi connectivity index (χ2v) is 10.4. The zero-order valence-corrected chi connectivity index (χ0v) is 15.4. The largest absolute Gasteiger partial charge is 0.298 e. The van der Waals surface area contributed by atoms with Crippen LogP contribution in [-0.4, -0.2) is 10.9 Å². The van der Waals surface area contributed by atoms with Crippen LogP contribution in [0.2, 0.25) is 0 Å². The average Bonchev–Trinajstić information content (AvgIpc) is 2.62. The van der Waals surface area contributed by atoms with Crippen LogP contribution in [0.15, 0.2) is 60.7 Å². The van der Waals surface area contributed by atoms with Gasteiger partial charge in [0.15, 0.2) is 0 Å². The minimum Gasteiger partial charge on any atom is -0.298 e. The van der Waals surface area contributed by atoms with Crippen molar-refractivity contribution >= 4 is 24.3 Å². The predicted octanol–water partition coefficient (Wildman–Crippen LogP) is 4.66. The number of Topliss-reactive ketones (excluding diaryl/α,β-unsaturated/α-hetero) is 1. The molecule has 0 radical (unpaired) electrons. The first-order valence-electron chi connectivity index (χ1n) is 9.01. The monoisotopic (exact) mass is 336 g/mol. The summed E-state index contributed by atoms with van der Waals surface area (Å²) in [4.78, 5) is 13.6. The molecule has 0 aromatic heterocycles. The quantitative estimate of drug-likeness (QED) is 0.745. The molecule has 0 N–H and O–H groups in total. The molecule has 0 aliphatic heterocycles. The van der Waals surface area contributed by atoms with Gasteiger partial charge in [0.2, 0.25) is 0 Å². The number of hydrogen-bond donors (Lipinski definition) is 0. The lowest BCUT2D eigenvalue weighted by molar-refractivity contribution is -0.140. The van der Waals surface area contributed by atoms with Gasteiger partial charge in [-0.2, -0.15) is 0 Å². The van der Waals surface area contributed by atoms with Crippen LogP contribution in [0.1, 0.15) is 39.5 Å². The Labute approximate surface area is 146 Å². The molecule has 2 aromatic carbocycles. The second kappa shape index (κ2) is 5.81. The van der Waals surface area contributed by atoms with Crippen LogP contribution < -0.4 is 10.6 Å². The van der Waals surface area contributed by atoms with Gasteiger partial charge in [-0.1, -0.05) is 74.5 Å². The number of fused-ring (bicyclic) bond motifs is 3. The third-order valence-corrected chi connectivity index (χ3v) is 9.43. The summed E-state index contributed by atoms with van der Waals surface area (Å²) in [6, 6.07) is 21.5. The molecule has 2 bridgehead atoms. The van der Waals surface area contributed by atoms with Crippen molar-refractivity contribution in [2.24, 2.45) is 11.3 Å². The van der Waals surface area contributed by atoms with E-state index in [0.717, 1.165) is 12.8 Å². The van der Waals surface area contributed by atoms with E-state index in [1.165, 1.54) is 23.5 Å². The van der Waals surface area contributed by atoms with E-state index in [2.05, 4.69) is 74.5 Å². The Hall–Kier alpha value is -1.46. The average molecular weight is 336 g/mol.